The van der Waals surface area contributed by atoms with Gasteiger partial charge in [-0.1, -0.05) is 13.8 Å². The molecule has 0 fully saturated rings. The van der Waals surface area contributed by atoms with Gasteiger partial charge in [-0.2, -0.15) is 5.10 Å². The Morgan fingerprint density at radius 1 is 1.31 bits per heavy atom. The molecule has 0 unspecified atom stereocenters. The highest BCUT2D eigenvalue weighted by molar-refractivity contribution is 5.97. The number of carbonyl (C=O) groups is 1. The van der Waals surface area contributed by atoms with Crippen LogP contribution >= 0.6 is 0 Å². The normalized spacial score (nSPS) is 11.6. The van der Waals surface area contributed by atoms with Crippen LogP contribution in [0.4, 0.5) is 10.2 Å². The quantitative estimate of drug-likeness (QED) is 0.551. The molecule has 0 saturated carbocycles. The number of nitrogens with zero attached hydrogens (tertiary/aromatic N) is 4. The van der Waals surface area contributed by atoms with Crippen LogP contribution in [0.15, 0.2) is 24.8 Å². The summed E-state index contributed by atoms with van der Waals surface area (Å²) in [6.45, 7) is 5.66. The van der Waals surface area contributed by atoms with Crippen LogP contribution in [0.2, 0.25) is 0 Å². The highest BCUT2D eigenvalue weighted by atomic mass is 19.1. The fourth-order valence-corrected chi connectivity index (χ4v) is 3.33. The molecule has 0 radical (unpaired) electrons. The van der Waals surface area contributed by atoms with Gasteiger partial charge in [-0.25, -0.2) is 9.37 Å². The maximum Gasteiger partial charge on any atom is 0.212 e. The molecule has 8 heteroatoms. The molecule has 0 aliphatic rings. The number of hydrogen-bond acceptors (Lipinski definition) is 4. The van der Waals surface area contributed by atoms with Crippen LogP contribution in [0.5, 0.6) is 0 Å². The van der Waals surface area contributed by atoms with Gasteiger partial charge in [0.25, 0.3) is 0 Å². The lowest BCUT2D eigenvalue weighted by atomic mass is 9.92. The van der Waals surface area contributed by atoms with Gasteiger partial charge >= 0.3 is 0 Å². The Morgan fingerprint density at radius 2 is 2.12 bits per heavy atom. The van der Waals surface area contributed by atoms with Gasteiger partial charge in [0.1, 0.15) is 5.82 Å². The van der Waals surface area contributed by atoms with Crippen molar-refractivity contribution in [2.45, 2.75) is 26.7 Å². The molecule has 3 heterocycles. The molecule has 0 spiro atoms. The van der Waals surface area contributed by atoms with E-state index in [1.165, 1.54) is 0 Å². The van der Waals surface area contributed by atoms with Crippen molar-refractivity contribution in [3.05, 3.63) is 41.7 Å². The molecule has 2 N–H and O–H groups in total. The van der Waals surface area contributed by atoms with E-state index in [9.17, 15) is 4.79 Å². The summed E-state index contributed by atoms with van der Waals surface area (Å²) < 4.78 is 16.8. The van der Waals surface area contributed by atoms with Gasteiger partial charge in [0.05, 0.1) is 29.8 Å². The minimum Gasteiger partial charge on any atom is -0.312 e. The number of imidazole rings is 1. The van der Waals surface area contributed by atoms with Crippen LogP contribution < -0.4 is 5.32 Å². The third kappa shape index (κ3) is 2.33. The van der Waals surface area contributed by atoms with Gasteiger partial charge in [0, 0.05) is 22.7 Å². The largest absolute Gasteiger partial charge is 0.312 e. The molecule has 4 rings (SSSR count). The Bertz CT molecular complexity index is 1140. The zero-order valence-electron chi connectivity index (χ0n) is 14.5. The predicted octanol–water partition coefficient (Wildman–Crippen LogP) is 3.41. The van der Waals surface area contributed by atoms with Crippen molar-refractivity contribution in [3.63, 3.8) is 0 Å². The zero-order chi connectivity index (χ0) is 18.4. The fourth-order valence-electron chi connectivity index (χ4n) is 3.33. The highest BCUT2D eigenvalue weighted by Crippen LogP contribution is 2.37. The number of hydrogen-bond donors (Lipinski definition) is 2. The Kier molecular flexibility index (Phi) is 3.68. The number of amides is 1. The van der Waals surface area contributed by atoms with Crippen molar-refractivity contribution >= 4 is 28.8 Å². The standard InChI is InChI=1S/C18H17FN6O/c1-9(2)15-17(19)10(3)16(11-4-22-24-18(11)15)12-6-25-7-13(21-8-26)23-14(25)5-20-12/h4-9H,1-3H3,(H,21,26)(H,22,24). The van der Waals surface area contributed by atoms with Gasteiger partial charge in [-0.3, -0.25) is 14.9 Å². The molecule has 0 aliphatic heterocycles. The van der Waals surface area contributed by atoms with E-state index in [0.29, 0.717) is 45.8 Å². The maximum atomic E-state index is 15.1. The van der Waals surface area contributed by atoms with Gasteiger partial charge < -0.3 is 9.72 Å². The number of fused-ring (bicyclic) bond motifs is 2. The molecule has 1 amide bonds. The summed E-state index contributed by atoms with van der Waals surface area (Å²) in [5.74, 6) is 0.194. The molecule has 0 atom stereocenters. The minimum atomic E-state index is -0.248. The van der Waals surface area contributed by atoms with Crippen LogP contribution in [-0.2, 0) is 4.79 Å². The number of H-pyrrole nitrogens is 1. The average Bonchev–Trinajstić information content (AvgIpc) is 3.21. The molecule has 0 aliphatic carbocycles. The van der Waals surface area contributed by atoms with E-state index in [0.717, 1.165) is 5.39 Å². The number of benzene rings is 1. The number of aromatic nitrogens is 5. The summed E-state index contributed by atoms with van der Waals surface area (Å²) in [5.41, 5.74) is 3.72. The molecular formula is C18H17FN6O. The molecular weight excluding hydrogens is 335 g/mol. The van der Waals surface area contributed by atoms with Gasteiger partial charge in [-0.05, 0) is 18.4 Å². The third-order valence-corrected chi connectivity index (χ3v) is 4.50. The number of anilines is 1. The first-order chi connectivity index (χ1) is 12.5. The molecule has 26 heavy (non-hydrogen) atoms. The van der Waals surface area contributed by atoms with Crippen molar-refractivity contribution in [1.82, 2.24) is 24.6 Å². The van der Waals surface area contributed by atoms with Gasteiger partial charge in [0.2, 0.25) is 6.41 Å². The SMILES string of the molecule is Cc1c(F)c(C(C)C)c2[nH]ncc2c1-c1cn2cc(NC=O)nc2cn1. The van der Waals surface area contributed by atoms with E-state index in [1.54, 1.807) is 36.1 Å². The molecule has 1 aromatic carbocycles. The summed E-state index contributed by atoms with van der Waals surface area (Å²) in [7, 11) is 0. The van der Waals surface area contributed by atoms with Gasteiger partial charge in [-0.15, -0.1) is 0 Å². The summed E-state index contributed by atoms with van der Waals surface area (Å²) in [6.07, 6.45) is 7.29. The van der Waals surface area contributed by atoms with Crippen molar-refractivity contribution in [2.24, 2.45) is 0 Å². The van der Waals surface area contributed by atoms with Crippen LogP contribution in [0, 0.1) is 12.7 Å². The monoisotopic (exact) mass is 352 g/mol. The number of nitrogens with one attached hydrogen (secondary N) is 2. The second-order valence-corrected chi connectivity index (χ2v) is 6.47. The first-order valence-electron chi connectivity index (χ1n) is 8.21. The average molecular weight is 352 g/mol. The molecule has 0 bridgehead atoms. The van der Waals surface area contributed by atoms with E-state index in [1.807, 2.05) is 13.8 Å². The topological polar surface area (TPSA) is 88.0 Å². The number of rotatable bonds is 4. The van der Waals surface area contributed by atoms with Crippen LogP contribution in [0.25, 0.3) is 27.8 Å². The van der Waals surface area contributed by atoms with Crippen molar-refractivity contribution in [1.29, 1.82) is 0 Å². The molecule has 3 aromatic heterocycles. The van der Waals surface area contributed by atoms with Crippen LogP contribution in [0.3, 0.4) is 0 Å². The Hall–Kier alpha value is -3.29. The highest BCUT2D eigenvalue weighted by Gasteiger charge is 2.22. The number of aromatic amines is 1. The summed E-state index contributed by atoms with van der Waals surface area (Å²) in [6, 6.07) is 0. The van der Waals surface area contributed by atoms with Crippen LogP contribution in [0.1, 0.15) is 30.9 Å². The summed E-state index contributed by atoms with van der Waals surface area (Å²) in [5, 5.41) is 10.4. The molecule has 4 aromatic rings. The second kappa shape index (κ2) is 5.91. The van der Waals surface area contributed by atoms with E-state index in [2.05, 4.69) is 25.5 Å². The number of carbonyl (C=O) groups excluding carboxylic acids is 1. The Labute approximate surface area is 148 Å². The Morgan fingerprint density at radius 3 is 2.85 bits per heavy atom. The van der Waals surface area contributed by atoms with E-state index >= 15 is 4.39 Å². The summed E-state index contributed by atoms with van der Waals surface area (Å²) >= 11 is 0. The smallest absolute Gasteiger partial charge is 0.212 e. The van der Waals surface area contributed by atoms with E-state index < -0.39 is 0 Å². The van der Waals surface area contributed by atoms with Crippen molar-refractivity contribution in [3.8, 4) is 11.3 Å². The lowest BCUT2D eigenvalue weighted by Crippen LogP contribution is -2.02. The van der Waals surface area contributed by atoms with Gasteiger partial charge in [0.15, 0.2) is 11.5 Å². The molecule has 132 valence electrons. The predicted molar refractivity (Wildman–Crippen MR) is 96.5 cm³/mol. The lowest BCUT2D eigenvalue weighted by molar-refractivity contribution is -0.105. The first kappa shape index (κ1) is 16.2. The van der Waals surface area contributed by atoms with E-state index in [-0.39, 0.29) is 11.7 Å². The fraction of sp³-hybridized carbons (Fsp3) is 0.222. The zero-order valence-corrected chi connectivity index (χ0v) is 14.5. The number of halogens is 1. The second-order valence-electron chi connectivity index (χ2n) is 6.47. The van der Waals surface area contributed by atoms with Crippen molar-refractivity contribution < 1.29 is 9.18 Å². The minimum absolute atomic E-state index is 0.0201. The molecule has 0 saturated heterocycles. The van der Waals surface area contributed by atoms with Crippen LogP contribution in [-0.4, -0.2) is 31.0 Å². The maximum absolute atomic E-state index is 15.1. The lowest BCUT2D eigenvalue weighted by Gasteiger charge is -2.15. The molecule has 7 nitrogen and oxygen atoms in total. The third-order valence-electron chi connectivity index (χ3n) is 4.50. The Balaban J connectivity index is 1.98. The summed E-state index contributed by atoms with van der Waals surface area (Å²) in [4.78, 5) is 19.3. The van der Waals surface area contributed by atoms with E-state index in [4.69, 9.17) is 0 Å². The first-order valence-corrected chi connectivity index (χ1v) is 8.21. The van der Waals surface area contributed by atoms with Crippen molar-refractivity contribution in [2.75, 3.05) is 5.32 Å².